The van der Waals surface area contributed by atoms with Gasteiger partial charge in [0.2, 0.25) is 5.91 Å². The summed E-state index contributed by atoms with van der Waals surface area (Å²) in [5.74, 6) is 0.314. The van der Waals surface area contributed by atoms with Crippen LogP contribution in [0.5, 0.6) is 0 Å². The average molecular weight is 334 g/mol. The Hall–Kier alpha value is -2.13. The van der Waals surface area contributed by atoms with E-state index in [9.17, 15) is 4.79 Å². The molecule has 0 radical (unpaired) electrons. The molecule has 0 saturated carbocycles. The van der Waals surface area contributed by atoms with E-state index in [1.54, 1.807) is 0 Å². The highest BCUT2D eigenvalue weighted by atomic mass is 16.2. The molecule has 3 nitrogen and oxygen atoms in total. The van der Waals surface area contributed by atoms with E-state index in [4.69, 9.17) is 0 Å². The number of carbonyl (C=O) groups excluding carboxylic acids is 1. The lowest BCUT2D eigenvalue weighted by molar-refractivity contribution is -0.136. The van der Waals surface area contributed by atoms with Crippen LogP contribution in [0.3, 0.4) is 0 Å². The molecular weight excluding hydrogens is 308 g/mol. The molecule has 2 aromatic rings. The molecule has 2 aliphatic heterocycles. The van der Waals surface area contributed by atoms with Crippen LogP contribution in [0.2, 0.25) is 0 Å². The molecule has 0 aromatic heterocycles. The second-order valence-corrected chi connectivity index (χ2v) is 7.35. The van der Waals surface area contributed by atoms with E-state index in [0.29, 0.717) is 5.91 Å². The highest BCUT2D eigenvalue weighted by Crippen LogP contribution is 2.29. The Labute approximate surface area is 150 Å². The zero-order valence-electron chi connectivity index (χ0n) is 14.7. The van der Waals surface area contributed by atoms with Crippen molar-refractivity contribution in [2.45, 2.75) is 37.6 Å². The Balaban J connectivity index is 1.53. The second kappa shape index (κ2) is 7.01. The van der Waals surface area contributed by atoms with E-state index >= 15 is 0 Å². The van der Waals surface area contributed by atoms with Crippen molar-refractivity contribution in [1.29, 1.82) is 0 Å². The van der Waals surface area contributed by atoms with Gasteiger partial charge >= 0.3 is 0 Å². The predicted molar refractivity (Wildman–Crippen MR) is 101 cm³/mol. The summed E-state index contributed by atoms with van der Waals surface area (Å²) in [5.41, 5.74) is 3.31. The standard InChI is InChI=1S/C22H26N2O/c25-21(24-15-4-5-16-24)22(13-6-14-23-22)17-18-9-11-20(12-10-18)19-7-2-1-3-8-19/h1-3,7-12,23H,4-6,13-17H2. The molecule has 1 N–H and O–H groups in total. The van der Waals surface area contributed by atoms with Gasteiger partial charge in [-0.1, -0.05) is 54.6 Å². The predicted octanol–water partition coefficient (Wildman–Crippen LogP) is 3.64. The summed E-state index contributed by atoms with van der Waals surface area (Å²) in [6.07, 6.45) is 5.11. The average Bonchev–Trinajstić information content (AvgIpc) is 3.35. The van der Waals surface area contributed by atoms with Gasteiger partial charge in [0.1, 0.15) is 5.54 Å². The maximum atomic E-state index is 13.1. The monoisotopic (exact) mass is 334 g/mol. The molecule has 2 aliphatic rings. The van der Waals surface area contributed by atoms with Crippen molar-refractivity contribution in [3.63, 3.8) is 0 Å². The minimum absolute atomic E-state index is 0.314. The van der Waals surface area contributed by atoms with E-state index in [0.717, 1.165) is 51.7 Å². The van der Waals surface area contributed by atoms with E-state index in [-0.39, 0.29) is 0 Å². The fourth-order valence-corrected chi connectivity index (χ4v) is 4.23. The number of nitrogens with one attached hydrogen (secondary N) is 1. The number of likely N-dealkylation sites (tertiary alicyclic amines) is 1. The zero-order chi connectivity index (χ0) is 17.1. The van der Waals surface area contributed by atoms with E-state index < -0.39 is 5.54 Å². The molecule has 25 heavy (non-hydrogen) atoms. The number of hydrogen-bond acceptors (Lipinski definition) is 2. The summed E-state index contributed by atoms with van der Waals surface area (Å²) in [5, 5.41) is 3.55. The van der Waals surface area contributed by atoms with Crippen LogP contribution in [0.4, 0.5) is 0 Å². The first kappa shape index (κ1) is 16.3. The summed E-state index contributed by atoms with van der Waals surface area (Å²) in [6.45, 7) is 2.80. The third kappa shape index (κ3) is 3.34. The number of nitrogens with zero attached hydrogens (tertiary/aromatic N) is 1. The van der Waals surface area contributed by atoms with Crippen LogP contribution in [0.15, 0.2) is 54.6 Å². The Bertz CT molecular complexity index is 711. The molecule has 0 aliphatic carbocycles. The number of amides is 1. The summed E-state index contributed by atoms with van der Waals surface area (Å²) in [4.78, 5) is 15.2. The second-order valence-electron chi connectivity index (χ2n) is 7.35. The molecular formula is C22H26N2O. The first-order chi connectivity index (χ1) is 12.3. The quantitative estimate of drug-likeness (QED) is 0.926. The molecule has 4 rings (SSSR count). The van der Waals surface area contributed by atoms with E-state index in [1.807, 2.05) is 6.07 Å². The molecule has 1 unspecified atom stereocenters. The molecule has 2 aromatic carbocycles. The third-order valence-corrected chi connectivity index (χ3v) is 5.61. The number of carbonyl (C=O) groups is 1. The fourth-order valence-electron chi connectivity index (χ4n) is 4.23. The van der Waals surface area contributed by atoms with Gasteiger partial charge in [0.15, 0.2) is 0 Å². The minimum Gasteiger partial charge on any atom is -0.341 e. The van der Waals surface area contributed by atoms with Crippen molar-refractivity contribution in [3.8, 4) is 11.1 Å². The van der Waals surface area contributed by atoms with Gasteiger partial charge in [-0.2, -0.15) is 0 Å². The number of hydrogen-bond donors (Lipinski definition) is 1. The van der Waals surface area contributed by atoms with Gasteiger partial charge in [-0.25, -0.2) is 0 Å². The van der Waals surface area contributed by atoms with Crippen molar-refractivity contribution in [3.05, 3.63) is 60.2 Å². The lowest BCUT2D eigenvalue weighted by Crippen LogP contribution is -2.55. The molecule has 2 saturated heterocycles. The maximum absolute atomic E-state index is 13.1. The fraction of sp³-hybridized carbons (Fsp3) is 0.409. The minimum atomic E-state index is -0.390. The van der Waals surface area contributed by atoms with Crippen LogP contribution in [-0.2, 0) is 11.2 Å². The van der Waals surface area contributed by atoms with Crippen molar-refractivity contribution >= 4 is 5.91 Å². The maximum Gasteiger partial charge on any atom is 0.243 e. The van der Waals surface area contributed by atoms with Crippen LogP contribution < -0.4 is 5.32 Å². The zero-order valence-corrected chi connectivity index (χ0v) is 14.7. The first-order valence-corrected chi connectivity index (χ1v) is 9.46. The molecule has 2 heterocycles. The van der Waals surface area contributed by atoms with Crippen LogP contribution >= 0.6 is 0 Å². The summed E-state index contributed by atoms with van der Waals surface area (Å²) in [6, 6.07) is 19.1. The lowest BCUT2D eigenvalue weighted by Gasteiger charge is -2.33. The summed E-state index contributed by atoms with van der Waals surface area (Å²) >= 11 is 0. The van der Waals surface area contributed by atoms with Crippen molar-refractivity contribution in [2.24, 2.45) is 0 Å². The van der Waals surface area contributed by atoms with Gasteiger partial charge in [0.25, 0.3) is 0 Å². The molecule has 1 amide bonds. The van der Waals surface area contributed by atoms with Gasteiger partial charge < -0.3 is 10.2 Å². The Morgan fingerprint density at radius 1 is 0.920 bits per heavy atom. The topological polar surface area (TPSA) is 32.3 Å². The molecule has 3 heteroatoms. The first-order valence-electron chi connectivity index (χ1n) is 9.46. The van der Waals surface area contributed by atoms with Crippen molar-refractivity contribution in [1.82, 2.24) is 10.2 Å². The number of rotatable bonds is 4. The normalized spacial score (nSPS) is 23.1. The van der Waals surface area contributed by atoms with Crippen molar-refractivity contribution in [2.75, 3.05) is 19.6 Å². The van der Waals surface area contributed by atoms with E-state index in [1.165, 1.54) is 16.7 Å². The smallest absolute Gasteiger partial charge is 0.243 e. The SMILES string of the molecule is O=C(N1CCCC1)C1(Cc2ccc(-c3ccccc3)cc2)CCCN1. The van der Waals surface area contributed by atoms with Crippen LogP contribution in [0, 0.1) is 0 Å². The van der Waals surface area contributed by atoms with Crippen molar-refractivity contribution < 1.29 is 4.79 Å². The largest absolute Gasteiger partial charge is 0.341 e. The Morgan fingerprint density at radius 2 is 1.60 bits per heavy atom. The Kier molecular flexibility index (Phi) is 4.58. The molecule has 1 atom stereocenters. The highest BCUT2D eigenvalue weighted by Gasteiger charge is 2.43. The van der Waals surface area contributed by atoms with Crippen LogP contribution in [-0.4, -0.2) is 36.0 Å². The molecule has 2 fully saturated rings. The summed E-state index contributed by atoms with van der Waals surface area (Å²) < 4.78 is 0. The molecule has 0 bridgehead atoms. The summed E-state index contributed by atoms with van der Waals surface area (Å²) in [7, 11) is 0. The van der Waals surface area contributed by atoms with Gasteiger partial charge in [0, 0.05) is 13.1 Å². The number of benzene rings is 2. The van der Waals surface area contributed by atoms with E-state index in [2.05, 4.69) is 58.7 Å². The Morgan fingerprint density at radius 3 is 2.24 bits per heavy atom. The third-order valence-electron chi connectivity index (χ3n) is 5.61. The van der Waals surface area contributed by atoms with Crippen LogP contribution in [0.25, 0.3) is 11.1 Å². The van der Waals surface area contributed by atoms with Gasteiger partial charge in [-0.05, 0) is 55.3 Å². The molecule has 0 spiro atoms. The van der Waals surface area contributed by atoms with Crippen LogP contribution in [0.1, 0.15) is 31.2 Å². The lowest BCUT2D eigenvalue weighted by atomic mass is 9.87. The van der Waals surface area contributed by atoms with Gasteiger partial charge in [0.05, 0.1) is 0 Å². The molecule has 130 valence electrons. The van der Waals surface area contributed by atoms with Gasteiger partial charge in [-0.15, -0.1) is 0 Å². The highest BCUT2D eigenvalue weighted by molar-refractivity contribution is 5.87. The van der Waals surface area contributed by atoms with Gasteiger partial charge in [-0.3, -0.25) is 4.79 Å².